The van der Waals surface area contributed by atoms with Crippen LogP contribution in [0.4, 0.5) is 5.69 Å². The molecule has 0 aliphatic carbocycles. The van der Waals surface area contributed by atoms with E-state index in [0.29, 0.717) is 24.6 Å². The van der Waals surface area contributed by atoms with Crippen molar-refractivity contribution in [2.24, 2.45) is 4.99 Å². The van der Waals surface area contributed by atoms with E-state index in [1.54, 1.807) is 6.20 Å². The molecule has 3 heterocycles. The first-order valence-corrected chi connectivity index (χ1v) is 7.51. The molecule has 110 valence electrons. The third kappa shape index (κ3) is 2.08. The van der Waals surface area contributed by atoms with Gasteiger partial charge in [-0.05, 0) is 31.6 Å². The number of hydrogen-bond donors (Lipinski definition) is 1. The first-order chi connectivity index (χ1) is 10.2. The van der Waals surface area contributed by atoms with Crippen LogP contribution in [0.3, 0.4) is 0 Å². The Morgan fingerprint density at radius 1 is 1.10 bits per heavy atom. The average molecular weight is 284 g/mol. The molecular formula is C16H20N4O. The predicted molar refractivity (Wildman–Crippen MR) is 82.5 cm³/mol. The molecule has 0 saturated carbocycles. The highest BCUT2D eigenvalue weighted by Gasteiger charge is 2.45. The number of hydrogen-bond acceptors (Lipinski definition) is 5. The normalized spacial score (nSPS) is 27.5. The van der Waals surface area contributed by atoms with Crippen molar-refractivity contribution >= 4 is 11.6 Å². The number of likely N-dealkylation sites (tertiary alicyclic amines) is 1. The van der Waals surface area contributed by atoms with Gasteiger partial charge in [-0.25, -0.2) is 10.1 Å². The van der Waals surface area contributed by atoms with Gasteiger partial charge in [-0.3, -0.25) is 5.21 Å². The van der Waals surface area contributed by atoms with Gasteiger partial charge in [0.15, 0.2) is 0 Å². The number of piperazine rings is 1. The lowest BCUT2D eigenvalue weighted by Crippen LogP contribution is -2.53. The van der Waals surface area contributed by atoms with Crippen molar-refractivity contribution < 1.29 is 5.21 Å². The summed E-state index contributed by atoms with van der Waals surface area (Å²) in [6.07, 6.45) is 4.78. The molecule has 3 aliphatic rings. The highest BCUT2D eigenvalue weighted by molar-refractivity contribution is 5.81. The van der Waals surface area contributed by atoms with E-state index >= 15 is 0 Å². The van der Waals surface area contributed by atoms with Crippen molar-refractivity contribution in [3.8, 4) is 0 Å². The molecule has 3 aliphatic heterocycles. The van der Waals surface area contributed by atoms with Crippen LogP contribution in [0.1, 0.15) is 12.0 Å². The van der Waals surface area contributed by atoms with Crippen molar-refractivity contribution in [3.63, 3.8) is 0 Å². The van der Waals surface area contributed by atoms with Crippen LogP contribution in [0, 0.1) is 6.92 Å². The minimum absolute atomic E-state index is 0.441. The molecule has 1 aromatic rings. The van der Waals surface area contributed by atoms with E-state index in [2.05, 4.69) is 46.0 Å². The van der Waals surface area contributed by atoms with Crippen molar-refractivity contribution in [1.29, 1.82) is 0 Å². The predicted octanol–water partition coefficient (Wildman–Crippen LogP) is 1.83. The van der Waals surface area contributed by atoms with Gasteiger partial charge in [-0.2, -0.15) is 0 Å². The Kier molecular flexibility index (Phi) is 2.89. The maximum Gasteiger partial charge on any atom is 0.226 e. The lowest BCUT2D eigenvalue weighted by atomic mass is 10.2. The smallest absolute Gasteiger partial charge is 0.226 e. The number of anilines is 1. The number of aliphatic imine (C=N–C) groups is 1. The molecule has 2 atom stereocenters. The van der Waals surface area contributed by atoms with Gasteiger partial charge < -0.3 is 9.80 Å². The Morgan fingerprint density at radius 3 is 2.48 bits per heavy atom. The molecule has 1 N–H and O–H groups in total. The molecule has 5 heteroatoms. The molecule has 2 fully saturated rings. The molecule has 5 nitrogen and oxygen atoms in total. The molecule has 0 amide bonds. The fourth-order valence-electron chi connectivity index (χ4n) is 3.60. The Bertz CT molecular complexity index is 595. The van der Waals surface area contributed by atoms with E-state index in [9.17, 15) is 5.21 Å². The zero-order valence-electron chi connectivity index (χ0n) is 12.2. The monoisotopic (exact) mass is 284 g/mol. The number of nitrogens with zero attached hydrogens (tertiary/aromatic N) is 4. The van der Waals surface area contributed by atoms with Gasteiger partial charge in [0, 0.05) is 31.0 Å². The topological polar surface area (TPSA) is 42.3 Å². The number of aryl methyl sites for hydroxylation is 1. The van der Waals surface area contributed by atoms with Crippen molar-refractivity contribution in [2.75, 3.05) is 24.5 Å². The van der Waals surface area contributed by atoms with Gasteiger partial charge in [0.25, 0.3) is 0 Å². The molecule has 2 saturated heterocycles. The van der Waals surface area contributed by atoms with Gasteiger partial charge in [0.2, 0.25) is 5.96 Å². The number of benzene rings is 1. The van der Waals surface area contributed by atoms with Crippen molar-refractivity contribution in [3.05, 3.63) is 42.1 Å². The lowest BCUT2D eigenvalue weighted by Gasteiger charge is -2.39. The second-order valence-corrected chi connectivity index (χ2v) is 6.08. The summed E-state index contributed by atoms with van der Waals surface area (Å²) in [5.74, 6) is 0.702. The van der Waals surface area contributed by atoms with Crippen molar-refractivity contribution in [2.45, 2.75) is 25.4 Å². The van der Waals surface area contributed by atoms with Gasteiger partial charge in [0.1, 0.15) is 0 Å². The van der Waals surface area contributed by atoms with Crippen LogP contribution >= 0.6 is 0 Å². The van der Waals surface area contributed by atoms with Crippen LogP contribution in [0.25, 0.3) is 0 Å². The van der Waals surface area contributed by atoms with Crippen LogP contribution in [0.15, 0.2) is 41.5 Å². The van der Waals surface area contributed by atoms with Gasteiger partial charge in [-0.1, -0.05) is 17.7 Å². The fourth-order valence-corrected chi connectivity index (χ4v) is 3.60. The lowest BCUT2D eigenvalue weighted by molar-refractivity contribution is -0.0200. The summed E-state index contributed by atoms with van der Waals surface area (Å²) in [5.41, 5.74) is 2.60. The Hall–Kier alpha value is -2.01. The number of fused-ring (bicyclic) bond motifs is 2. The number of hydroxylamine groups is 2. The summed E-state index contributed by atoms with van der Waals surface area (Å²) in [5, 5.41) is 11.2. The van der Waals surface area contributed by atoms with E-state index in [1.165, 1.54) is 16.3 Å². The maximum atomic E-state index is 9.97. The van der Waals surface area contributed by atoms with Crippen molar-refractivity contribution in [1.82, 2.24) is 9.96 Å². The van der Waals surface area contributed by atoms with Crippen LogP contribution < -0.4 is 4.90 Å². The minimum atomic E-state index is 0.441. The molecular weight excluding hydrogens is 264 g/mol. The largest absolute Gasteiger partial charge is 0.365 e. The van der Waals surface area contributed by atoms with E-state index in [0.717, 1.165) is 19.5 Å². The van der Waals surface area contributed by atoms with Crippen LogP contribution in [-0.4, -0.2) is 52.8 Å². The molecule has 2 bridgehead atoms. The Balaban J connectivity index is 1.52. The standard InChI is InChI=1S/C16H20N4O/c1-12-3-5-13(6-4-12)18-10-15-9-14(18)11-19(15)16-17-7-2-8-20(16)21/h2-7,14-15,21H,8-11H2,1H3/t14-,15-/m1/s1. The zero-order chi connectivity index (χ0) is 14.4. The average Bonchev–Trinajstić information content (AvgIpc) is 3.09. The SMILES string of the molecule is Cc1ccc(N2C[C@H]3C[C@@H]2CN3C2=NC=CCN2O)cc1. The summed E-state index contributed by atoms with van der Waals surface area (Å²) >= 11 is 0. The summed E-state index contributed by atoms with van der Waals surface area (Å²) in [6.45, 7) is 4.58. The van der Waals surface area contributed by atoms with Gasteiger partial charge >= 0.3 is 0 Å². The highest BCUT2D eigenvalue weighted by Crippen LogP contribution is 2.35. The fraction of sp³-hybridized carbons (Fsp3) is 0.438. The summed E-state index contributed by atoms with van der Waals surface area (Å²) in [4.78, 5) is 9.08. The van der Waals surface area contributed by atoms with E-state index in [4.69, 9.17) is 0 Å². The second kappa shape index (κ2) is 4.77. The third-order valence-electron chi connectivity index (χ3n) is 4.67. The molecule has 0 unspecified atom stereocenters. The van der Waals surface area contributed by atoms with E-state index < -0.39 is 0 Å². The second-order valence-electron chi connectivity index (χ2n) is 6.08. The number of rotatable bonds is 1. The van der Waals surface area contributed by atoms with Gasteiger partial charge in [0.05, 0.1) is 12.6 Å². The van der Waals surface area contributed by atoms with Crippen LogP contribution in [-0.2, 0) is 0 Å². The Morgan fingerprint density at radius 2 is 1.81 bits per heavy atom. The van der Waals surface area contributed by atoms with Gasteiger partial charge in [-0.15, -0.1) is 0 Å². The van der Waals surface area contributed by atoms with E-state index in [-0.39, 0.29) is 0 Å². The molecule has 4 rings (SSSR count). The molecule has 21 heavy (non-hydrogen) atoms. The van der Waals surface area contributed by atoms with Crippen LogP contribution in [0.2, 0.25) is 0 Å². The summed E-state index contributed by atoms with van der Waals surface area (Å²) < 4.78 is 0. The first-order valence-electron chi connectivity index (χ1n) is 7.51. The maximum absolute atomic E-state index is 9.97. The third-order valence-corrected chi connectivity index (χ3v) is 4.67. The van der Waals surface area contributed by atoms with Crippen LogP contribution in [0.5, 0.6) is 0 Å². The summed E-state index contributed by atoms with van der Waals surface area (Å²) in [7, 11) is 0. The molecule has 0 radical (unpaired) electrons. The molecule has 1 aromatic carbocycles. The highest BCUT2D eigenvalue weighted by atomic mass is 16.5. The Labute approximate surface area is 124 Å². The quantitative estimate of drug-likeness (QED) is 0.854. The summed E-state index contributed by atoms with van der Waals surface area (Å²) in [6, 6.07) is 9.71. The molecule has 0 spiro atoms. The van der Waals surface area contributed by atoms with E-state index in [1.807, 2.05) is 6.08 Å². The zero-order valence-corrected chi connectivity index (χ0v) is 12.2. The number of guanidine groups is 1. The molecule has 0 aromatic heterocycles. The first kappa shape index (κ1) is 12.7. The minimum Gasteiger partial charge on any atom is -0.365 e.